The predicted octanol–water partition coefficient (Wildman–Crippen LogP) is 1.19. The predicted molar refractivity (Wildman–Crippen MR) is 42.0 cm³/mol. The van der Waals surface area contributed by atoms with Crippen LogP contribution in [-0.2, 0) is 0 Å². The molecule has 11 heavy (non-hydrogen) atoms. The van der Waals surface area contributed by atoms with Gasteiger partial charge in [0.1, 0.15) is 0 Å². The Hall–Kier alpha value is -1.09. The van der Waals surface area contributed by atoms with Gasteiger partial charge in [-0.3, -0.25) is 0 Å². The van der Waals surface area contributed by atoms with Gasteiger partial charge in [-0.15, -0.1) is 0 Å². The Morgan fingerprint density at radius 3 is 2.82 bits per heavy atom. The first-order chi connectivity index (χ1) is 5.27. The topological polar surface area (TPSA) is 47.2 Å². The van der Waals surface area contributed by atoms with Gasteiger partial charge in [0.25, 0.3) is 0 Å². The molecule has 1 aromatic carbocycles. The molecule has 0 radical (unpaired) electrons. The number of benzene rings is 1. The van der Waals surface area contributed by atoms with Crippen molar-refractivity contribution in [2.75, 3.05) is 7.11 Å². The molecule has 0 spiro atoms. The molecule has 0 heterocycles. The van der Waals surface area contributed by atoms with E-state index in [0.717, 1.165) is 0 Å². The van der Waals surface area contributed by atoms with Gasteiger partial charge in [0.05, 0.1) is 7.11 Å². The van der Waals surface area contributed by atoms with Crippen molar-refractivity contribution in [2.24, 2.45) is 5.11 Å². The molecule has 58 valence electrons. The molecule has 1 rings (SSSR count). The lowest BCUT2D eigenvalue weighted by Crippen LogP contribution is -2.22. The highest BCUT2D eigenvalue weighted by atomic mass is 35.5. The molecule has 0 aliphatic rings. The normalized spacial score (nSPS) is 9.27. The highest BCUT2D eigenvalue weighted by molar-refractivity contribution is 6.30. The molecule has 1 aromatic rings. The van der Waals surface area contributed by atoms with E-state index in [1.807, 2.05) is 0 Å². The van der Waals surface area contributed by atoms with Gasteiger partial charge in [0.2, 0.25) is 0 Å². The Balaban J connectivity index is 3.16. The first-order valence-corrected chi connectivity index (χ1v) is 3.40. The molecule has 0 bridgehead atoms. The van der Waals surface area contributed by atoms with Gasteiger partial charge in [-0.25, -0.2) is 0 Å². The van der Waals surface area contributed by atoms with E-state index >= 15 is 0 Å². The maximum atomic E-state index is 5.68. The fourth-order valence-corrected chi connectivity index (χ4v) is 0.930. The zero-order chi connectivity index (χ0) is 8.27. The van der Waals surface area contributed by atoms with Gasteiger partial charge in [-0.05, 0) is 23.3 Å². The summed E-state index contributed by atoms with van der Waals surface area (Å²) >= 11 is 5.68. The Morgan fingerprint density at radius 2 is 2.27 bits per heavy atom. The number of hydrogen-bond donors (Lipinski definition) is 1. The molecule has 0 atom stereocenters. The summed E-state index contributed by atoms with van der Waals surface area (Å²) in [4.78, 5) is 0. The maximum Gasteiger partial charge on any atom is 0.173 e. The molecular weight excluding hydrogens is 164 g/mol. The van der Waals surface area contributed by atoms with Crippen LogP contribution in [0.2, 0.25) is 5.02 Å². The average molecular weight is 172 g/mol. The van der Waals surface area contributed by atoms with Gasteiger partial charge >= 0.3 is 0 Å². The van der Waals surface area contributed by atoms with Crippen LogP contribution in [0.4, 0.5) is 5.69 Å². The van der Waals surface area contributed by atoms with Gasteiger partial charge < -0.3 is 4.74 Å². The summed E-state index contributed by atoms with van der Waals surface area (Å²) in [5, 5.41) is 4.09. The van der Waals surface area contributed by atoms with E-state index in [1.54, 1.807) is 25.3 Å². The quantitative estimate of drug-likeness (QED) is 0.668. The third kappa shape index (κ3) is 1.68. The second kappa shape index (κ2) is 3.34. The van der Waals surface area contributed by atoms with Crippen molar-refractivity contribution < 1.29 is 10.3 Å². The van der Waals surface area contributed by atoms with Gasteiger partial charge in [0, 0.05) is 5.02 Å². The van der Waals surface area contributed by atoms with Crippen LogP contribution >= 0.6 is 11.6 Å². The monoisotopic (exact) mass is 171 g/mol. The summed E-state index contributed by atoms with van der Waals surface area (Å²) in [6.45, 7) is 0. The molecule has 0 fully saturated rings. The van der Waals surface area contributed by atoms with E-state index in [-0.39, 0.29) is 0 Å². The second-order valence-electron chi connectivity index (χ2n) is 1.95. The third-order valence-corrected chi connectivity index (χ3v) is 1.52. The first kappa shape index (κ1) is 8.01. The van der Waals surface area contributed by atoms with Crippen molar-refractivity contribution >= 4 is 17.3 Å². The van der Waals surface area contributed by atoms with Crippen LogP contribution in [-0.4, -0.2) is 7.11 Å². The molecule has 0 saturated carbocycles. The maximum absolute atomic E-state index is 5.68. The zero-order valence-electron chi connectivity index (χ0n) is 6.04. The highest BCUT2D eigenvalue weighted by Gasteiger charge is 2.02. The number of ether oxygens (including phenoxy) is 1. The molecule has 2 N–H and O–H groups in total. The molecule has 3 nitrogen and oxygen atoms in total. The summed E-state index contributed by atoms with van der Waals surface area (Å²) in [7, 11) is 1.55. The Labute approximate surface area is 69.4 Å². The SMILES string of the molecule is COc1ccc(Cl)cc1N=[NH2+]. The lowest BCUT2D eigenvalue weighted by molar-refractivity contribution is -0.210. The van der Waals surface area contributed by atoms with Crippen molar-refractivity contribution in [1.29, 1.82) is 0 Å². The van der Waals surface area contributed by atoms with E-state index in [9.17, 15) is 0 Å². The van der Waals surface area contributed by atoms with Crippen LogP contribution in [0.3, 0.4) is 0 Å². The van der Waals surface area contributed by atoms with E-state index in [2.05, 4.69) is 5.11 Å². The standard InChI is InChI=1S/C7H7ClN2O/c1-11-7-3-2-5(8)4-6(7)10-9/h2-4,9H,1H3/p+1. The number of rotatable bonds is 2. The fourth-order valence-electron chi connectivity index (χ4n) is 0.764. The summed E-state index contributed by atoms with van der Waals surface area (Å²) in [5.41, 5.74) is 5.64. The number of nitrogens with two attached hydrogens (primary N) is 1. The molecule has 0 saturated heterocycles. The third-order valence-electron chi connectivity index (χ3n) is 1.28. The molecule has 0 aliphatic carbocycles. The van der Waals surface area contributed by atoms with Crippen molar-refractivity contribution in [3.8, 4) is 5.75 Å². The molecule has 0 aliphatic heterocycles. The van der Waals surface area contributed by atoms with Crippen LogP contribution in [0.25, 0.3) is 0 Å². The second-order valence-corrected chi connectivity index (χ2v) is 2.38. The molecule has 0 aromatic heterocycles. The van der Waals surface area contributed by atoms with Crippen molar-refractivity contribution in [2.45, 2.75) is 0 Å². The van der Waals surface area contributed by atoms with E-state index < -0.39 is 0 Å². The Bertz CT molecular complexity index is 275. The zero-order valence-corrected chi connectivity index (χ0v) is 6.80. The fraction of sp³-hybridized carbons (Fsp3) is 0.143. The van der Waals surface area contributed by atoms with E-state index in [0.29, 0.717) is 16.5 Å². The lowest BCUT2D eigenvalue weighted by atomic mass is 10.3. The van der Waals surface area contributed by atoms with E-state index in [1.165, 1.54) is 0 Å². The smallest absolute Gasteiger partial charge is 0.173 e. The van der Waals surface area contributed by atoms with Crippen LogP contribution in [0.5, 0.6) is 5.75 Å². The van der Waals surface area contributed by atoms with Gasteiger partial charge in [-0.2, -0.15) is 5.53 Å². The van der Waals surface area contributed by atoms with Crippen molar-refractivity contribution in [3.05, 3.63) is 23.2 Å². The summed E-state index contributed by atoms with van der Waals surface area (Å²) in [6, 6.07) is 5.07. The first-order valence-electron chi connectivity index (χ1n) is 3.02. The molecular formula is C7H8ClN2O+. The summed E-state index contributed by atoms with van der Waals surface area (Å²) in [5.74, 6) is 0.622. The number of methoxy groups -OCH3 is 1. The Kier molecular flexibility index (Phi) is 2.44. The minimum absolute atomic E-state index is 0.556. The van der Waals surface area contributed by atoms with Gasteiger partial charge in [-0.1, -0.05) is 11.6 Å². The van der Waals surface area contributed by atoms with Gasteiger partial charge in [0.15, 0.2) is 11.4 Å². The average Bonchev–Trinajstić information content (AvgIpc) is 2.04. The molecule has 4 heteroatoms. The number of hydrogen-bond acceptors (Lipinski definition) is 2. The lowest BCUT2D eigenvalue weighted by Gasteiger charge is -1.99. The minimum Gasteiger partial charge on any atom is -0.494 e. The minimum atomic E-state index is 0.556. The van der Waals surface area contributed by atoms with Crippen LogP contribution in [0.15, 0.2) is 23.3 Å². The van der Waals surface area contributed by atoms with Crippen LogP contribution < -0.4 is 10.3 Å². The van der Waals surface area contributed by atoms with Crippen LogP contribution in [0.1, 0.15) is 0 Å². The van der Waals surface area contributed by atoms with Crippen molar-refractivity contribution in [1.82, 2.24) is 0 Å². The summed E-state index contributed by atoms with van der Waals surface area (Å²) in [6.07, 6.45) is 0. The Morgan fingerprint density at radius 1 is 1.55 bits per heavy atom. The van der Waals surface area contributed by atoms with Crippen molar-refractivity contribution in [3.63, 3.8) is 0 Å². The summed E-state index contributed by atoms with van der Waals surface area (Å²) < 4.78 is 4.96. The van der Waals surface area contributed by atoms with E-state index in [4.69, 9.17) is 21.9 Å². The number of halogens is 1. The molecule has 0 unspecified atom stereocenters. The van der Waals surface area contributed by atoms with Crippen LogP contribution in [0, 0.1) is 0 Å². The highest BCUT2D eigenvalue weighted by Crippen LogP contribution is 2.28. The number of nitrogens with zero attached hydrogens (tertiary/aromatic N) is 1. The largest absolute Gasteiger partial charge is 0.494 e. The molecule has 0 amide bonds.